The van der Waals surface area contributed by atoms with Gasteiger partial charge >= 0.3 is 7.32 Å². The maximum absolute atomic E-state index is 9.91. The molecule has 0 aliphatic rings. The third-order valence-electron chi connectivity index (χ3n) is 3.03. The van der Waals surface area contributed by atoms with Crippen molar-refractivity contribution in [3.05, 3.63) is 71.8 Å². The summed E-state index contributed by atoms with van der Waals surface area (Å²) in [6.45, 7) is 0. The van der Waals surface area contributed by atoms with E-state index in [1.54, 1.807) is 30.3 Å². The van der Waals surface area contributed by atoms with Crippen molar-refractivity contribution >= 4 is 29.7 Å². The van der Waals surface area contributed by atoms with E-state index in [0.717, 1.165) is 10.8 Å². The van der Waals surface area contributed by atoms with Gasteiger partial charge in [0.2, 0.25) is 0 Å². The Morgan fingerprint density at radius 1 is 0.810 bits per heavy atom. The molecule has 3 rings (SSSR count). The van der Waals surface area contributed by atoms with Gasteiger partial charge in [-0.3, -0.25) is 0 Å². The van der Waals surface area contributed by atoms with Crippen LogP contribution in [0.1, 0.15) is 0 Å². The third-order valence-corrected chi connectivity index (χ3v) is 3.28. The van der Waals surface area contributed by atoms with Crippen molar-refractivity contribution in [3.8, 4) is 11.5 Å². The fourth-order valence-corrected chi connectivity index (χ4v) is 2.19. The molecule has 3 aromatic carbocycles. The third kappa shape index (κ3) is 3.30. The molecule has 21 heavy (non-hydrogen) atoms. The van der Waals surface area contributed by atoms with Crippen LogP contribution in [0.4, 0.5) is 0 Å². The molecular formula is C16H12BClO3. The van der Waals surface area contributed by atoms with Crippen LogP contribution in [0.15, 0.2) is 66.7 Å². The zero-order valence-corrected chi connectivity index (χ0v) is 11.8. The molecule has 0 fully saturated rings. The second kappa shape index (κ2) is 6.08. The maximum Gasteiger partial charge on any atom is 0.785 e. The maximum atomic E-state index is 9.91. The first-order valence-corrected chi connectivity index (χ1v) is 6.85. The lowest BCUT2D eigenvalue weighted by Gasteiger charge is -2.12. The second-order valence-electron chi connectivity index (χ2n) is 4.47. The Bertz CT molecular complexity index is 741. The van der Waals surface area contributed by atoms with Crippen LogP contribution in [0.25, 0.3) is 10.8 Å². The molecule has 0 bridgehead atoms. The van der Waals surface area contributed by atoms with Gasteiger partial charge in [0.15, 0.2) is 0 Å². The van der Waals surface area contributed by atoms with Crippen LogP contribution in [0.3, 0.4) is 0 Å². The van der Waals surface area contributed by atoms with Crippen LogP contribution in [0, 0.1) is 0 Å². The minimum atomic E-state index is -1.39. The Kier molecular flexibility index (Phi) is 4.00. The molecule has 0 saturated carbocycles. The Morgan fingerprint density at radius 2 is 1.52 bits per heavy atom. The quantitative estimate of drug-likeness (QED) is 0.742. The SMILES string of the molecule is OB(Oc1ccc(Cl)cc1)Oc1cccc2ccccc12. The summed E-state index contributed by atoms with van der Waals surface area (Å²) in [6, 6.07) is 20.1. The highest BCUT2D eigenvalue weighted by Gasteiger charge is 2.22. The van der Waals surface area contributed by atoms with Crippen molar-refractivity contribution in [2.24, 2.45) is 0 Å². The summed E-state index contributed by atoms with van der Waals surface area (Å²) in [5.74, 6) is 1.04. The summed E-state index contributed by atoms with van der Waals surface area (Å²) in [4.78, 5) is 0. The lowest BCUT2D eigenvalue weighted by atomic mass is 10.1. The standard InChI is InChI=1S/C16H12BClO3/c18-13-8-10-14(11-9-13)20-17(19)21-16-7-3-5-12-4-1-2-6-15(12)16/h1-11,19H. The van der Waals surface area contributed by atoms with Gasteiger partial charge in [-0.1, -0.05) is 48.0 Å². The first-order chi connectivity index (χ1) is 10.2. The van der Waals surface area contributed by atoms with Gasteiger partial charge in [-0.15, -0.1) is 0 Å². The van der Waals surface area contributed by atoms with Crippen LogP contribution < -0.4 is 9.31 Å². The summed E-state index contributed by atoms with van der Waals surface area (Å²) in [5.41, 5.74) is 0. The summed E-state index contributed by atoms with van der Waals surface area (Å²) in [5, 5.41) is 12.5. The zero-order valence-electron chi connectivity index (χ0n) is 11.1. The average molecular weight is 299 g/mol. The van der Waals surface area contributed by atoms with E-state index < -0.39 is 7.32 Å². The Morgan fingerprint density at radius 3 is 2.33 bits per heavy atom. The van der Waals surface area contributed by atoms with Crippen molar-refractivity contribution < 1.29 is 14.3 Å². The van der Waals surface area contributed by atoms with Gasteiger partial charge in [0.1, 0.15) is 11.5 Å². The number of rotatable bonds is 4. The Balaban J connectivity index is 1.77. The molecule has 0 saturated heterocycles. The Hall–Kier alpha value is -2.17. The largest absolute Gasteiger partial charge is 0.785 e. The van der Waals surface area contributed by atoms with Gasteiger partial charge < -0.3 is 14.3 Å². The minimum absolute atomic E-state index is 0.479. The molecule has 0 heterocycles. The number of benzene rings is 3. The van der Waals surface area contributed by atoms with E-state index in [-0.39, 0.29) is 0 Å². The lowest BCUT2D eigenvalue weighted by molar-refractivity contribution is 0.299. The molecule has 0 spiro atoms. The van der Waals surface area contributed by atoms with Gasteiger partial charge in [-0.2, -0.15) is 0 Å². The predicted molar refractivity (Wildman–Crippen MR) is 84.6 cm³/mol. The van der Waals surface area contributed by atoms with E-state index in [2.05, 4.69) is 0 Å². The van der Waals surface area contributed by atoms with Gasteiger partial charge in [0.05, 0.1) is 0 Å². The monoisotopic (exact) mass is 298 g/mol. The summed E-state index contributed by atoms with van der Waals surface area (Å²) in [6.07, 6.45) is 0. The molecule has 0 unspecified atom stereocenters. The normalized spacial score (nSPS) is 10.4. The number of hydrogen-bond acceptors (Lipinski definition) is 3. The van der Waals surface area contributed by atoms with Crippen LogP contribution in [-0.2, 0) is 0 Å². The molecule has 104 valence electrons. The first-order valence-electron chi connectivity index (χ1n) is 6.47. The summed E-state index contributed by atoms with van der Waals surface area (Å²) >= 11 is 5.79. The smallest absolute Gasteiger partial charge is 0.501 e. The Labute approximate surface area is 127 Å². The van der Waals surface area contributed by atoms with Gasteiger partial charge in [-0.05, 0) is 35.7 Å². The summed E-state index contributed by atoms with van der Waals surface area (Å²) in [7, 11) is -1.39. The molecule has 0 aliphatic heterocycles. The number of halogens is 1. The molecule has 0 aromatic heterocycles. The lowest BCUT2D eigenvalue weighted by Crippen LogP contribution is -2.29. The van der Waals surface area contributed by atoms with E-state index in [0.29, 0.717) is 16.5 Å². The minimum Gasteiger partial charge on any atom is -0.501 e. The van der Waals surface area contributed by atoms with Crippen molar-refractivity contribution in [2.45, 2.75) is 0 Å². The van der Waals surface area contributed by atoms with E-state index in [1.807, 2.05) is 36.4 Å². The molecule has 5 heteroatoms. The molecule has 3 aromatic rings. The fraction of sp³-hybridized carbons (Fsp3) is 0. The van der Waals surface area contributed by atoms with Crippen molar-refractivity contribution in [1.82, 2.24) is 0 Å². The highest BCUT2D eigenvalue weighted by atomic mass is 35.5. The predicted octanol–water partition coefficient (Wildman–Crippen LogP) is 3.93. The van der Waals surface area contributed by atoms with E-state index >= 15 is 0 Å². The van der Waals surface area contributed by atoms with E-state index in [4.69, 9.17) is 20.9 Å². The highest BCUT2D eigenvalue weighted by molar-refractivity contribution is 6.37. The first kappa shape index (κ1) is 13.8. The van der Waals surface area contributed by atoms with E-state index in [1.165, 1.54) is 0 Å². The summed E-state index contributed by atoms with van der Waals surface area (Å²) < 4.78 is 10.8. The van der Waals surface area contributed by atoms with Crippen LogP contribution >= 0.6 is 11.6 Å². The second-order valence-corrected chi connectivity index (χ2v) is 4.91. The fourth-order valence-electron chi connectivity index (χ4n) is 2.06. The average Bonchev–Trinajstić information content (AvgIpc) is 2.50. The van der Waals surface area contributed by atoms with Crippen LogP contribution in [0.5, 0.6) is 11.5 Å². The molecule has 1 N–H and O–H groups in total. The molecule has 0 atom stereocenters. The molecule has 0 amide bonds. The topological polar surface area (TPSA) is 38.7 Å². The molecule has 0 aliphatic carbocycles. The molecule has 0 radical (unpaired) electrons. The van der Waals surface area contributed by atoms with Crippen molar-refractivity contribution in [1.29, 1.82) is 0 Å². The number of fused-ring (bicyclic) bond motifs is 1. The zero-order chi connectivity index (χ0) is 14.7. The van der Waals surface area contributed by atoms with Crippen molar-refractivity contribution in [3.63, 3.8) is 0 Å². The number of hydrogen-bond donors (Lipinski definition) is 1. The van der Waals surface area contributed by atoms with Crippen LogP contribution in [0.2, 0.25) is 5.02 Å². The highest BCUT2D eigenvalue weighted by Crippen LogP contribution is 2.26. The molecular weight excluding hydrogens is 286 g/mol. The van der Waals surface area contributed by atoms with E-state index in [9.17, 15) is 5.02 Å². The van der Waals surface area contributed by atoms with Gasteiger partial charge in [0, 0.05) is 10.4 Å². The van der Waals surface area contributed by atoms with Gasteiger partial charge in [0.25, 0.3) is 0 Å². The molecule has 3 nitrogen and oxygen atoms in total. The van der Waals surface area contributed by atoms with Gasteiger partial charge in [-0.25, -0.2) is 0 Å². The van der Waals surface area contributed by atoms with Crippen molar-refractivity contribution in [2.75, 3.05) is 0 Å². The van der Waals surface area contributed by atoms with Crippen LogP contribution in [-0.4, -0.2) is 12.3 Å².